The fourth-order valence-electron chi connectivity index (χ4n) is 1.49. The monoisotopic (exact) mass is 270 g/mol. The van der Waals surface area contributed by atoms with Crippen molar-refractivity contribution >= 4 is 15.9 Å². The molecule has 0 aromatic heterocycles. The van der Waals surface area contributed by atoms with E-state index in [0.29, 0.717) is 25.8 Å². The average molecular weight is 270 g/mol. The zero-order chi connectivity index (χ0) is 13.4. The van der Waals surface area contributed by atoms with Gasteiger partial charge in [0.25, 0.3) is 0 Å². The van der Waals surface area contributed by atoms with Crippen LogP contribution in [0.2, 0.25) is 0 Å². The van der Waals surface area contributed by atoms with Gasteiger partial charge in [-0.15, -0.1) is 0 Å². The van der Waals surface area contributed by atoms with Crippen LogP contribution in [-0.2, 0) is 14.8 Å². The summed E-state index contributed by atoms with van der Waals surface area (Å²) in [7, 11) is -3.41. The van der Waals surface area contributed by atoms with Gasteiger partial charge >= 0.3 is 0 Å². The van der Waals surface area contributed by atoms with E-state index in [4.69, 9.17) is 5.73 Å². The second kappa shape index (κ2) is 7.13. The fraction of sp³-hybridized carbons (Fsp3) is 0.417. The molecular weight excluding hydrogens is 252 g/mol. The molecule has 0 atom stereocenters. The molecule has 0 aliphatic rings. The Labute approximate surface area is 107 Å². The van der Waals surface area contributed by atoms with E-state index in [1.165, 1.54) is 0 Å². The maximum Gasteiger partial charge on any atom is 0.240 e. The van der Waals surface area contributed by atoms with Gasteiger partial charge in [0, 0.05) is 13.0 Å². The van der Waals surface area contributed by atoms with Gasteiger partial charge in [-0.1, -0.05) is 24.6 Å². The third kappa shape index (κ3) is 5.29. The van der Waals surface area contributed by atoms with Crippen LogP contribution in [0.3, 0.4) is 0 Å². The van der Waals surface area contributed by atoms with Gasteiger partial charge in [-0.05, 0) is 25.0 Å². The van der Waals surface area contributed by atoms with Crippen molar-refractivity contribution in [3.05, 3.63) is 30.3 Å². The normalized spacial score (nSPS) is 11.3. The minimum Gasteiger partial charge on any atom is -0.370 e. The maximum atomic E-state index is 11.8. The number of primary amides is 1. The Hall–Kier alpha value is -1.40. The Morgan fingerprint density at radius 2 is 1.78 bits per heavy atom. The molecule has 6 heteroatoms. The predicted molar refractivity (Wildman–Crippen MR) is 69.3 cm³/mol. The highest BCUT2D eigenvalue weighted by molar-refractivity contribution is 7.89. The van der Waals surface area contributed by atoms with Crippen LogP contribution in [0, 0.1) is 0 Å². The average Bonchev–Trinajstić information content (AvgIpc) is 2.34. The molecule has 0 heterocycles. The predicted octanol–water partition coefficient (Wildman–Crippen LogP) is 1.01. The lowest BCUT2D eigenvalue weighted by atomic mass is 10.2. The summed E-state index contributed by atoms with van der Waals surface area (Å²) in [6, 6.07) is 8.23. The highest BCUT2D eigenvalue weighted by atomic mass is 32.2. The molecule has 100 valence electrons. The van der Waals surface area contributed by atoms with E-state index < -0.39 is 10.0 Å². The number of carbonyl (C=O) groups is 1. The van der Waals surface area contributed by atoms with Crippen molar-refractivity contribution in [3.63, 3.8) is 0 Å². The van der Waals surface area contributed by atoms with Crippen LogP contribution in [0.4, 0.5) is 0 Å². The number of unbranched alkanes of at least 4 members (excludes halogenated alkanes) is 2. The van der Waals surface area contributed by atoms with Crippen LogP contribution < -0.4 is 10.5 Å². The Balaban J connectivity index is 2.29. The van der Waals surface area contributed by atoms with Crippen LogP contribution >= 0.6 is 0 Å². The number of benzene rings is 1. The summed E-state index contributed by atoms with van der Waals surface area (Å²) in [5.74, 6) is -0.320. The summed E-state index contributed by atoms with van der Waals surface area (Å²) in [5.41, 5.74) is 5.00. The first kappa shape index (κ1) is 14.7. The van der Waals surface area contributed by atoms with E-state index in [1.807, 2.05) is 0 Å². The van der Waals surface area contributed by atoms with Crippen molar-refractivity contribution in [2.45, 2.75) is 30.6 Å². The van der Waals surface area contributed by atoms with Crippen molar-refractivity contribution in [1.29, 1.82) is 0 Å². The van der Waals surface area contributed by atoms with Crippen molar-refractivity contribution in [3.8, 4) is 0 Å². The van der Waals surface area contributed by atoms with E-state index in [-0.39, 0.29) is 10.8 Å². The number of amides is 1. The van der Waals surface area contributed by atoms with E-state index >= 15 is 0 Å². The van der Waals surface area contributed by atoms with Gasteiger partial charge in [0.2, 0.25) is 15.9 Å². The van der Waals surface area contributed by atoms with Gasteiger partial charge in [0.05, 0.1) is 4.90 Å². The Kier molecular flexibility index (Phi) is 5.80. The summed E-state index contributed by atoms with van der Waals surface area (Å²) in [4.78, 5) is 10.8. The lowest BCUT2D eigenvalue weighted by Crippen LogP contribution is -2.24. The molecule has 0 bridgehead atoms. The zero-order valence-corrected chi connectivity index (χ0v) is 10.9. The van der Waals surface area contributed by atoms with Gasteiger partial charge in [-0.25, -0.2) is 13.1 Å². The van der Waals surface area contributed by atoms with Gasteiger partial charge in [0.1, 0.15) is 0 Å². The topological polar surface area (TPSA) is 89.3 Å². The molecule has 0 unspecified atom stereocenters. The molecule has 0 aliphatic carbocycles. The molecule has 0 spiro atoms. The second-order valence-corrected chi connectivity index (χ2v) is 5.75. The van der Waals surface area contributed by atoms with Gasteiger partial charge < -0.3 is 5.73 Å². The molecule has 0 fully saturated rings. The lowest BCUT2D eigenvalue weighted by molar-refractivity contribution is -0.118. The largest absolute Gasteiger partial charge is 0.370 e. The number of sulfonamides is 1. The van der Waals surface area contributed by atoms with Crippen LogP contribution in [0.15, 0.2) is 35.2 Å². The molecule has 18 heavy (non-hydrogen) atoms. The maximum absolute atomic E-state index is 11.8. The summed E-state index contributed by atoms with van der Waals surface area (Å²) in [6.07, 6.45) is 2.52. The highest BCUT2D eigenvalue weighted by Crippen LogP contribution is 2.07. The Morgan fingerprint density at radius 3 is 2.39 bits per heavy atom. The Morgan fingerprint density at radius 1 is 1.11 bits per heavy atom. The number of carbonyl (C=O) groups excluding carboxylic acids is 1. The van der Waals surface area contributed by atoms with Gasteiger partial charge in [-0.3, -0.25) is 4.79 Å². The standard InChI is InChI=1S/C12H18N2O3S/c13-12(15)9-5-2-6-10-14-18(16,17)11-7-3-1-4-8-11/h1,3-4,7-8,14H,2,5-6,9-10H2,(H2,13,15). The van der Waals surface area contributed by atoms with Crippen LogP contribution in [-0.4, -0.2) is 20.9 Å². The number of rotatable bonds is 8. The summed E-state index contributed by atoms with van der Waals surface area (Å²) >= 11 is 0. The van der Waals surface area contributed by atoms with Crippen molar-refractivity contribution in [1.82, 2.24) is 4.72 Å². The molecule has 0 aliphatic heterocycles. The van der Waals surface area contributed by atoms with E-state index in [0.717, 1.165) is 6.42 Å². The summed E-state index contributed by atoms with van der Waals surface area (Å²) in [6.45, 7) is 0.371. The molecule has 0 radical (unpaired) electrons. The summed E-state index contributed by atoms with van der Waals surface area (Å²) in [5, 5.41) is 0. The van der Waals surface area contributed by atoms with Gasteiger partial charge in [-0.2, -0.15) is 0 Å². The third-order valence-corrected chi connectivity index (χ3v) is 3.92. The minimum atomic E-state index is -3.41. The lowest BCUT2D eigenvalue weighted by Gasteiger charge is -2.06. The first-order chi connectivity index (χ1) is 8.52. The number of nitrogens with two attached hydrogens (primary N) is 1. The molecule has 1 aromatic rings. The zero-order valence-electron chi connectivity index (χ0n) is 10.1. The SMILES string of the molecule is NC(=O)CCCCCNS(=O)(=O)c1ccccc1. The third-order valence-electron chi connectivity index (χ3n) is 2.45. The smallest absolute Gasteiger partial charge is 0.240 e. The quantitative estimate of drug-likeness (QED) is 0.691. The van der Waals surface area contributed by atoms with Crippen molar-refractivity contribution < 1.29 is 13.2 Å². The minimum absolute atomic E-state index is 0.266. The molecule has 0 saturated heterocycles. The molecule has 0 saturated carbocycles. The number of nitrogens with one attached hydrogen (secondary N) is 1. The first-order valence-corrected chi connectivity index (χ1v) is 7.34. The molecule has 5 nitrogen and oxygen atoms in total. The second-order valence-electron chi connectivity index (χ2n) is 3.99. The van der Waals surface area contributed by atoms with Crippen LogP contribution in [0.5, 0.6) is 0 Å². The number of hydrogen-bond donors (Lipinski definition) is 2. The first-order valence-electron chi connectivity index (χ1n) is 5.85. The summed E-state index contributed by atoms with van der Waals surface area (Å²) < 4.78 is 26.1. The molecule has 1 rings (SSSR count). The van der Waals surface area contributed by atoms with Crippen LogP contribution in [0.1, 0.15) is 25.7 Å². The van der Waals surface area contributed by atoms with E-state index in [9.17, 15) is 13.2 Å². The molecule has 1 amide bonds. The Bertz CT molecular complexity index is 471. The highest BCUT2D eigenvalue weighted by Gasteiger charge is 2.11. The molecule has 3 N–H and O–H groups in total. The van der Waals surface area contributed by atoms with Gasteiger partial charge in [0.15, 0.2) is 0 Å². The van der Waals surface area contributed by atoms with E-state index in [2.05, 4.69) is 4.72 Å². The fourth-order valence-corrected chi connectivity index (χ4v) is 2.59. The van der Waals surface area contributed by atoms with Crippen molar-refractivity contribution in [2.75, 3.05) is 6.54 Å². The van der Waals surface area contributed by atoms with Crippen molar-refractivity contribution in [2.24, 2.45) is 5.73 Å². The molecule has 1 aromatic carbocycles. The molecular formula is C12H18N2O3S. The van der Waals surface area contributed by atoms with Crippen LogP contribution in [0.25, 0.3) is 0 Å². The van der Waals surface area contributed by atoms with E-state index in [1.54, 1.807) is 30.3 Å². The number of hydrogen-bond acceptors (Lipinski definition) is 3.